The molecule has 1 heterocycles. The van der Waals surface area contributed by atoms with Gasteiger partial charge in [-0.15, -0.1) is 6.58 Å². The van der Waals surface area contributed by atoms with E-state index in [4.69, 9.17) is 14.2 Å². The minimum Gasteiger partial charge on any atom is -0.486 e. The zero-order valence-corrected chi connectivity index (χ0v) is 14.2. The van der Waals surface area contributed by atoms with E-state index in [-0.39, 0.29) is 12.5 Å². The fourth-order valence-electron chi connectivity index (χ4n) is 2.55. The first kappa shape index (κ1) is 17.5. The van der Waals surface area contributed by atoms with Crippen LogP contribution in [0.4, 0.5) is 5.69 Å². The predicted molar refractivity (Wildman–Crippen MR) is 96.7 cm³/mol. The molecular formula is C20H19NO5. The summed E-state index contributed by atoms with van der Waals surface area (Å²) in [5, 5.41) is 0. The SMILES string of the molecule is C=CCN(C(=O)COC(=O)c1ccc2c(c1)OCCO2)c1ccccc1. The zero-order chi connectivity index (χ0) is 18.4. The van der Waals surface area contributed by atoms with Crippen molar-refractivity contribution < 1.29 is 23.8 Å². The molecule has 0 saturated heterocycles. The summed E-state index contributed by atoms with van der Waals surface area (Å²) >= 11 is 0. The van der Waals surface area contributed by atoms with Gasteiger partial charge in [-0.1, -0.05) is 24.3 Å². The molecule has 2 aromatic rings. The summed E-state index contributed by atoms with van der Waals surface area (Å²) < 4.78 is 16.0. The molecular weight excluding hydrogens is 334 g/mol. The number of hydrogen-bond donors (Lipinski definition) is 0. The molecule has 1 aliphatic heterocycles. The molecule has 6 nitrogen and oxygen atoms in total. The molecule has 0 atom stereocenters. The summed E-state index contributed by atoms with van der Waals surface area (Å²) in [5.41, 5.74) is 1.02. The number of carbonyl (C=O) groups excluding carboxylic acids is 2. The molecule has 6 heteroatoms. The number of para-hydroxylation sites is 1. The van der Waals surface area contributed by atoms with Gasteiger partial charge in [0.25, 0.3) is 5.91 Å². The van der Waals surface area contributed by atoms with E-state index < -0.39 is 5.97 Å². The second kappa shape index (κ2) is 8.20. The van der Waals surface area contributed by atoms with E-state index in [9.17, 15) is 9.59 Å². The van der Waals surface area contributed by atoms with E-state index in [2.05, 4.69) is 6.58 Å². The van der Waals surface area contributed by atoms with Crippen LogP contribution in [0.2, 0.25) is 0 Å². The van der Waals surface area contributed by atoms with Gasteiger partial charge in [-0.2, -0.15) is 0 Å². The van der Waals surface area contributed by atoms with Crippen LogP contribution in [0.3, 0.4) is 0 Å². The average Bonchev–Trinajstić information content (AvgIpc) is 2.70. The van der Waals surface area contributed by atoms with E-state index in [1.54, 1.807) is 24.3 Å². The Morgan fingerprint density at radius 1 is 1.08 bits per heavy atom. The summed E-state index contributed by atoms with van der Waals surface area (Å²) in [6.07, 6.45) is 1.62. The van der Waals surface area contributed by atoms with Gasteiger partial charge < -0.3 is 19.1 Å². The van der Waals surface area contributed by atoms with Crippen LogP contribution in [0.1, 0.15) is 10.4 Å². The van der Waals surface area contributed by atoms with E-state index in [0.29, 0.717) is 42.5 Å². The second-order valence-corrected chi connectivity index (χ2v) is 5.56. The molecule has 1 aliphatic rings. The monoisotopic (exact) mass is 353 g/mol. The largest absolute Gasteiger partial charge is 0.486 e. The molecule has 0 spiro atoms. The van der Waals surface area contributed by atoms with Crippen LogP contribution in [-0.2, 0) is 9.53 Å². The number of anilines is 1. The van der Waals surface area contributed by atoms with Crippen molar-refractivity contribution >= 4 is 17.6 Å². The Labute approximate surface area is 151 Å². The number of benzene rings is 2. The number of amides is 1. The number of ether oxygens (including phenoxy) is 3. The van der Waals surface area contributed by atoms with Gasteiger partial charge >= 0.3 is 5.97 Å². The van der Waals surface area contributed by atoms with Crippen molar-refractivity contribution in [2.45, 2.75) is 0 Å². The van der Waals surface area contributed by atoms with E-state index in [1.165, 1.54) is 4.90 Å². The second-order valence-electron chi connectivity index (χ2n) is 5.56. The van der Waals surface area contributed by atoms with Crippen molar-refractivity contribution in [2.75, 3.05) is 31.3 Å². The smallest absolute Gasteiger partial charge is 0.338 e. The highest BCUT2D eigenvalue weighted by Crippen LogP contribution is 2.30. The minimum absolute atomic E-state index is 0.303. The van der Waals surface area contributed by atoms with Gasteiger partial charge in [0, 0.05) is 12.2 Å². The van der Waals surface area contributed by atoms with Gasteiger partial charge in [0.15, 0.2) is 18.1 Å². The van der Waals surface area contributed by atoms with Gasteiger partial charge in [0.2, 0.25) is 0 Å². The Hall–Kier alpha value is -3.28. The normalized spacial score (nSPS) is 12.2. The fraction of sp³-hybridized carbons (Fsp3) is 0.200. The molecule has 0 bridgehead atoms. The van der Waals surface area contributed by atoms with Crippen molar-refractivity contribution in [3.63, 3.8) is 0 Å². The predicted octanol–water partition coefficient (Wildman–Crippen LogP) is 2.83. The highest BCUT2D eigenvalue weighted by molar-refractivity contribution is 5.97. The first-order valence-corrected chi connectivity index (χ1v) is 8.22. The molecule has 3 rings (SSSR count). The zero-order valence-electron chi connectivity index (χ0n) is 14.2. The summed E-state index contributed by atoms with van der Waals surface area (Å²) in [6, 6.07) is 13.9. The summed E-state index contributed by atoms with van der Waals surface area (Å²) in [5.74, 6) is 0.156. The molecule has 1 amide bonds. The average molecular weight is 353 g/mol. The van der Waals surface area contributed by atoms with Gasteiger partial charge in [-0.25, -0.2) is 4.79 Å². The molecule has 0 saturated carbocycles. The number of nitrogens with zero attached hydrogens (tertiary/aromatic N) is 1. The molecule has 2 aromatic carbocycles. The lowest BCUT2D eigenvalue weighted by atomic mass is 10.2. The summed E-state index contributed by atoms with van der Waals surface area (Å²) in [7, 11) is 0. The molecule has 26 heavy (non-hydrogen) atoms. The lowest BCUT2D eigenvalue weighted by Gasteiger charge is -2.21. The quantitative estimate of drug-likeness (QED) is 0.590. The number of fused-ring (bicyclic) bond motifs is 1. The van der Waals surface area contributed by atoms with Crippen molar-refractivity contribution in [3.05, 3.63) is 66.7 Å². The Kier molecular flexibility index (Phi) is 5.53. The lowest BCUT2D eigenvalue weighted by Crippen LogP contribution is -2.34. The Bertz CT molecular complexity index is 803. The van der Waals surface area contributed by atoms with Crippen molar-refractivity contribution in [3.8, 4) is 11.5 Å². The third-order valence-corrected chi connectivity index (χ3v) is 3.79. The summed E-state index contributed by atoms with van der Waals surface area (Å²) in [4.78, 5) is 26.2. The summed E-state index contributed by atoms with van der Waals surface area (Å²) in [6.45, 7) is 4.53. The highest BCUT2D eigenvalue weighted by atomic mass is 16.6. The van der Waals surface area contributed by atoms with Crippen LogP contribution in [0.15, 0.2) is 61.2 Å². The highest BCUT2D eigenvalue weighted by Gasteiger charge is 2.19. The van der Waals surface area contributed by atoms with Crippen LogP contribution in [0, 0.1) is 0 Å². The first-order valence-electron chi connectivity index (χ1n) is 8.22. The molecule has 134 valence electrons. The van der Waals surface area contributed by atoms with Crippen LogP contribution in [0.25, 0.3) is 0 Å². The van der Waals surface area contributed by atoms with Crippen molar-refractivity contribution in [1.82, 2.24) is 0 Å². The molecule has 0 aromatic heterocycles. The van der Waals surface area contributed by atoms with Crippen molar-refractivity contribution in [1.29, 1.82) is 0 Å². The van der Waals surface area contributed by atoms with Crippen LogP contribution >= 0.6 is 0 Å². The lowest BCUT2D eigenvalue weighted by molar-refractivity contribution is -0.121. The van der Waals surface area contributed by atoms with Crippen LogP contribution in [-0.4, -0.2) is 38.2 Å². The van der Waals surface area contributed by atoms with Gasteiger partial charge in [0.1, 0.15) is 13.2 Å². The number of hydrogen-bond acceptors (Lipinski definition) is 5. The number of rotatable bonds is 6. The number of carbonyl (C=O) groups is 2. The van der Waals surface area contributed by atoms with Gasteiger partial charge in [-0.3, -0.25) is 4.79 Å². The van der Waals surface area contributed by atoms with Gasteiger partial charge in [0.05, 0.1) is 5.56 Å². The van der Waals surface area contributed by atoms with E-state index in [0.717, 1.165) is 0 Å². The first-order chi connectivity index (χ1) is 12.7. The molecule has 0 aliphatic carbocycles. The minimum atomic E-state index is -0.595. The maximum absolute atomic E-state index is 12.5. The maximum atomic E-state index is 12.5. The number of esters is 1. The van der Waals surface area contributed by atoms with E-state index >= 15 is 0 Å². The third kappa shape index (κ3) is 4.03. The molecule has 0 unspecified atom stereocenters. The maximum Gasteiger partial charge on any atom is 0.338 e. The Balaban J connectivity index is 1.64. The Morgan fingerprint density at radius 3 is 2.54 bits per heavy atom. The van der Waals surface area contributed by atoms with Crippen LogP contribution < -0.4 is 14.4 Å². The Morgan fingerprint density at radius 2 is 1.81 bits per heavy atom. The van der Waals surface area contributed by atoms with Crippen LogP contribution in [0.5, 0.6) is 11.5 Å². The third-order valence-electron chi connectivity index (χ3n) is 3.79. The van der Waals surface area contributed by atoms with E-state index in [1.807, 2.05) is 30.3 Å². The fourth-order valence-corrected chi connectivity index (χ4v) is 2.55. The molecule has 0 fully saturated rings. The van der Waals surface area contributed by atoms with Crippen molar-refractivity contribution in [2.24, 2.45) is 0 Å². The molecule has 0 N–H and O–H groups in total. The van der Waals surface area contributed by atoms with Gasteiger partial charge in [-0.05, 0) is 30.3 Å². The molecule has 0 radical (unpaired) electrons. The standard InChI is InChI=1S/C20H19NO5/c1-2-10-21(16-6-4-3-5-7-16)19(22)14-26-20(23)15-8-9-17-18(13-15)25-12-11-24-17/h2-9,13H,1,10-12,14H2. The topological polar surface area (TPSA) is 65.1 Å².